The van der Waals surface area contributed by atoms with Crippen molar-refractivity contribution in [3.8, 4) is 0 Å². The van der Waals surface area contributed by atoms with Gasteiger partial charge < -0.3 is 5.32 Å². The minimum atomic E-state index is -0.152. The summed E-state index contributed by atoms with van der Waals surface area (Å²) in [6.45, 7) is 0.533. The van der Waals surface area contributed by atoms with Crippen molar-refractivity contribution in [1.29, 1.82) is 0 Å². The van der Waals surface area contributed by atoms with E-state index in [-0.39, 0.29) is 17.2 Å². The van der Waals surface area contributed by atoms with Crippen LogP contribution in [0.5, 0.6) is 0 Å². The first-order valence-electron chi connectivity index (χ1n) is 9.59. The van der Waals surface area contributed by atoms with Gasteiger partial charge in [0, 0.05) is 29.4 Å². The predicted octanol–water partition coefficient (Wildman–Crippen LogP) is 4.52. The number of amides is 1. The number of thioether (sulfide) groups is 2. The van der Waals surface area contributed by atoms with E-state index in [0.29, 0.717) is 22.4 Å². The van der Waals surface area contributed by atoms with Gasteiger partial charge in [0.2, 0.25) is 5.91 Å². The number of carbonyl (C=O) groups is 1. The topological polar surface area (TPSA) is 64.0 Å². The van der Waals surface area contributed by atoms with Gasteiger partial charge in [0.15, 0.2) is 5.16 Å². The van der Waals surface area contributed by atoms with Crippen molar-refractivity contribution in [3.63, 3.8) is 0 Å². The lowest BCUT2D eigenvalue weighted by atomic mass is 10.1. The van der Waals surface area contributed by atoms with Crippen LogP contribution in [0.2, 0.25) is 5.02 Å². The van der Waals surface area contributed by atoms with E-state index in [0.717, 1.165) is 34.7 Å². The van der Waals surface area contributed by atoms with Gasteiger partial charge in [-0.1, -0.05) is 53.7 Å². The van der Waals surface area contributed by atoms with Crippen LogP contribution in [0.1, 0.15) is 11.3 Å². The molecule has 0 radical (unpaired) electrons. The van der Waals surface area contributed by atoms with Gasteiger partial charge in [0.1, 0.15) is 0 Å². The molecule has 0 unspecified atom stereocenters. The van der Waals surface area contributed by atoms with E-state index in [1.54, 1.807) is 40.6 Å². The number of benzene rings is 2. The monoisotopic (exact) mass is 457 g/mol. The summed E-state index contributed by atoms with van der Waals surface area (Å²) in [6.07, 6.45) is 1.52. The Balaban J connectivity index is 1.49. The average Bonchev–Trinajstić information content (AvgIpc) is 3.23. The summed E-state index contributed by atoms with van der Waals surface area (Å²) in [5, 5.41) is 4.06. The first-order chi connectivity index (χ1) is 14.6. The Morgan fingerprint density at radius 2 is 1.93 bits per heavy atom. The molecule has 1 aliphatic rings. The molecule has 2 heterocycles. The maximum atomic E-state index is 13.0. The van der Waals surface area contributed by atoms with Crippen LogP contribution in [0, 0.1) is 0 Å². The summed E-state index contributed by atoms with van der Waals surface area (Å²) in [6, 6.07) is 17.0. The fourth-order valence-electron chi connectivity index (χ4n) is 3.18. The third kappa shape index (κ3) is 5.09. The Bertz CT molecular complexity index is 1100. The molecule has 2 aromatic carbocycles. The van der Waals surface area contributed by atoms with Gasteiger partial charge in [0.05, 0.1) is 16.3 Å². The van der Waals surface area contributed by atoms with Crippen molar-refractivity contribution in [3.05, 3.63) is 81.2 Å². The molecule has 0 spiro atoms. The number of carbonyl (C=O) groups excluding carboxylic acids is 1. The molecule has 3 aromatic rings. The first-order valence-corrected chi connectivity index (χ1v) is 11.9. The lowest BCUT2D eigenvalue weighted by molar-refractivity contribution is -0.113. The highest BCUT2D eigenvalue weighted by atomic mass is 35.5. The Labute approximate surface area is 188 Å². The highest BCUT2D eigenvalue weighted by Gasteiger charge is 2.22. The second-order valence-corrected chi connectivity index (χ2v) is 9.29. The molecule has 0 fully saturated rings. The van der Waals surface area contributed by atoms with Crippen molar-refractivity contribution in [2.45, 2.75) is 29.4 Å². The SMILES string of the molecule is O=C(CSc1nc2c(c(=O)n1CCc1ccccc1)SCC2)Nc1ccc(Cl)cc1. The fraction of sp³-hybridized carbons (Fsp3) is 0.227. The number of nitrogens with zero attached hydrogens (tertiary/aromatic N) is 2. The Hall–Kier alpha value is -2.22. The number of aromatic nitrogens is 2. The van der Waals surface area contributed by atoms with Crippen molar-refractivity contribution in [1.82, 2.24) is 9.55 Å². The summed E-state index contributed by atoms with van der Waals surface area (Å²) < 4.78 is 1.71. The number of nitrogens with one attached hydrogen (secondary N) is 1. The number of fused-ring (bicyclic) bond motifs is 1. The Morgan fingerprint density at radius 1 is 1.17 bits per heavy atom. The number of anilines is 1. The highest BCUT2D eigenvalue weighted by Crippen LogP contribution is 2.29. The highest BCUT2D eigenvalue weighted by molar-refractivity contribution is 8.00. The largest absolute Gasteiger partial charge is 0.325 e. The van der Waals surface area contributed by atoms with Crippen LogP contribution in [0.25, 0.3) is 0 Å². The van der Waals surface area contributed by atoms with E-state index in [1.807, 2.05) is 30.3 Å². The molecule has 0 aliphatic carbocycles. The van der Waals surface area contributed by atoms with E-state index in [9.17, 15) is 9.59 Å². The summed E-state index contributed by atoms with van der Waals surface area (Å²) in [4.78, 5) is 30.9. The van der Waals surface area contributed by atoms with Gasteiger partial charge in [0.25, 0.3) is 5.56 Å². The van der Waals surface area contributed by atoms with Gasteiger partial charge in [-0.3, -0.25) is 14.2 Å². The molecular formula is C22H20ClN3O2S2. The van der Waals surface area contributed by atoms with Crippen LogP contribution in [0.3, 0.4) is 0 Å². The van der Waals surface area contributed by atoms with Crippen molar-refractivity contribution in [2.24, 2.45) is 0 Å². The molecule has 1 N–H and O–H groups in total. The molecule has 0 saturated heterocycles. The number of halogens is 1. The van der Waals surface area contributed by atoms with Crippen LogP contribution < -0.4 is 10.9 Å². The van der Waals surface area contributed by atoms with Crippen molar-refractivity contribution >= 4 is 46.7 Å². The number of rotatable bonds is 7. The maximum absolute atomic E-state index is 13.0. The summed E-state index contributed by atoms with van der Waals surface area (Å²) in [5.41, 5.74) is 2.69. The molecule has 0 saturated carbocycles. The zero-order valence-electron chi connectivity index (χ0n) is 16.1. The van der Waals surface area contributed by atoms with Crippen molar-refractivity contribution in [2.75, 3.05) is 16.8 Å². The zero-order valence-corrected chi connectivity index (χ0v) is 18.5. The van der Waals surface area contributed by atoms with Gasteiger partial charge in [-0.2, -0.15) is 0 Å². The second-order valence-electron chi connectivity index (χ2n) is 6.80. The molecule has 5 nitrogen and oxygen atoms in total. The second kappa shape index (κ2) is 9.73. The molecule has 4 rings (SSSR count). The lowest BCUT2D eigenvalue weighted by Gasteiger charge is -2.14. The number of aryl methyl sites for hydroxylation is 2. The van der Waals surface area contributed by atoms with E-state index in [2.05, 4.69) is 5.32 Å². The third-order valence-electron chi connectivity index (χ3n) is 4.68. The normalized spacial score (nSPS) is 12.6. The first kappa shape index (κ1) is 21.0. The molecule has 1 aromatic heterocycles. The van der Waals surface area contributed by atoms with Gasteiger partial charge in [-0.15, -0.1) is 11.8 Å². The van der Waals surface area contributed by atoms with Crippen LogP contribution >= 0.6 is 35.1 Å². The Morgan fingerprint density at radius 3 is 2.70 bits per heavy atom. The minimum Gasteiger partial charge on any atom is -0.325 e. The van der Waals surface area contributed by atoms with Gasteiger partial charge in [-0.25, -0.2) is 4.98 Å². The van der Waals surface area contributed by atoms with E-state index in [1.165, 1.54) is 11.8 Å². The van der Waals surface area contributed by atoms with Crippen LogP contribution in [0.4, 0.5) is 5.69 Å². The summed E-state index contributed by atoms with van der Waals surface area (Å²) in [7, 11) is 0. The molecule has 1 amide bonds. The standard InChI is InChI=1S/C22H20ClN3O2S2/c23-16-6-8-17(9-7-16)24-19(27)14-30-22-25-18-11-13-29-20(18)21(28)26(22)12-10-15-4-2-1-3-5-15/h1-9H,10-14H2,(H,24,27). The zero-order chi connectivity index (χ0) is 20.9. The van der Waals surface area contributed by atoms with Crippen LogP contribution in [-0.4, -0.2) is 27.0 Å². The quantitative estimate of drug-likeness (QED) is 0.417. The lowest BCUT2D eigenvalue weighted by Crippen LogP contribution is -2.27. The van der Waals surface area contributed by atoms with E-state index in [4.69, 9.17) is 16.6 Å². The summed E-state index contributed by atoms with van der Waals surface area (Å²) >= 11 is 8.75. The smallest absolute Gasteiger partial charge is 0.268 e. The maximum Gasteiger partial charge on any atom is 0.268 e. The molecule has 0 bridgehead atoms. The molecule has 154 valence electrons. The number of hydrogen-bond donors (Lipinski definition) is 1. The van der Waals surface area contributed by atoms with E-state index < -0.39 is 0 Å². The summed E-state index contributed by atoms with van der Waals surface area (Å²) in [5.74, 6) is 0.898. The molecular weight excluding hydrogens is 438 g/mol. The third-order valence-corrected chi connectivity index (χ3v) is 7.01. The Kier molecular flexibility index (Phi) is 6.82. The minimum absolute atomic E-state index is 0.000888. The molecule has 8 heteroatoms. The molecule has 0 atom stereocenters. The van der Waals surface area contributed by atoms with Gasteiger partial charge in [-0.05, 0) is 36.2 Å². The number of hydrogen-bond acceptors (Lipinski definition) is 5. The molecule has 30 heavy (non-hydrogen) atoms. The van der Waals surface area contributed by atoms with Crippen molar-refractivity contribution < 1.29 is 4.79 Å². The fourth-order valence-corrected chi connectivity index (χ4v) is 5.19. The predicted molar refractivity (Wildman–Crippen MR) is 124 cm³/mol. The van der Waals surface area contributed by atoms with Crippen LogP contribution in [0.15, 0.2) is 69.4 Å². The van der Waals surface area contributed by atoms with Gasteiger partial charge >= 0.3 is 0 Å². The molecule has 1 aliphatic heterocycles. The average molecular weight is 458 g/mol. The van der Waals surface area contributed by atoms with E-state index >= 15 is 0 Å². The van der Waals surface area contributed by atoms with Crippen LogP contribution in [-0.2, 0) is 24.2 Å².